The maximum atomic E-state index is 10.4. The fraction of sp³-hybridized carbons (Fsp3) is 0.833. The number of rotatable bonds is 4. The third kappa shape index (κ3) is 1.47. The van der Waals surface area contributed by atoms with Gasteiger partial charge in [-0.05, 0) is 37.0 Å². The second-order valence-corrected chi connectivity index (χ2v) is 5.16. The van der Waals surface area contributed by atoms with Crippen LogP contribution in [0.3, 0.4) is 0 Å². The van der Waals surface area contributed by atoms with Crippen molar-refractivity contribution >= 4 is 0 Å². The average Bonchev–Trinajstić information content (AvgIpc) is 2.73. The molecule has 3 rings (SSSR count). The molecule has 4 heteroatoms. The Bertz CT molecular complexity index is 366. The Labute approximate surface area is 95.7 Å². The zero-order valence-electron chi connectivity index (χ0n) is 9.71. The second kappa shape index (κ2) is 3.84. The van der Waals surface area contributed by atoms with Gasteiger partial charge in [-0.25, -0.2) is 4.68 Å². The van der Waals surface area contributed by atoms with Gasteiger partial charge in [0.1, 0.15) is 6.10 Å². The van der Waals surface area contributed by atoms with E-state index in [2.05, 4.69) is 17.2 Å². The van der Waals surface area contributed by atoms with E-state index in [1.54, 1.807) is 6.20 Å². The molecule has 1 aromatic rings. The molecular weight excluding hydrogens is 202 g/mol. The van der Waals surface area contributed by atoms with E-state index in [4.69, 9.17) is 0 Å². The van der Waals surface area contributed by atoms with Crippen molar-refractivity contribution in [2.24, 2.45) is 17.8 Å². The molecule has 2 fully saturated rings. The van der Waals surface area contributed by atoms with E-state index >= 15 is 0 Å². The Morgan fingerprint density at radius 2 is 2.25 bits per heavy atom. The Morgan fingerprint density at radius 3 is 2.94 bits per heavy atom. The fourth-order valence-corrected chi connectivity index (χ4v) is 3.42. The predicted molar refractivity (Wildman–Crippen MR) is 59.6 cm³/mol. The smallest absolute Gasteiger partial charge is 0.101 e. The molecule has 1 aromatic heterocycles. The van der Waals surface area contributed by atoms with E-state index in [0.29, 0.717) is 5.92 Å². The topological polar surface area (TPSA) is 50.9 Å². The Balaban J connectivity index is 1.74. The van der Waals surface area contributed by atoms with Gasteiger partial charge in [0.05, 0.1) is 11.9 Å². The number of fused-ring (bicyclic) bond motifs is 1. The highest BCUT2D eigenvalue weighted by molar-refractivity contribution is 5.12. The first-order valence-corrected chi connectivity index (χ1v) is 6.39. The summed E-state index contributed by atoms with van der Waals surface area (Å²) in [5.74, 6) is 2.04. The molecule has 4 nitrogen and oxygen atoms in total. The van der Waals surface area contributed by atoms with Gasteiger partial charge in [-0.2, -0.15) is 0 Å². The summed E-state index contributed by atoms with van der Waals surface area (Å²) in [6, 6.07) is 0. The van der Waals surface area contributed by atoms with E-state index in [-0.39, 0.29) is 6.10 Å². The van der Waals surface area contributed by atoms with Gasteiger partial charge in [0.2, 0.25) is 0 Å². The average molecular weight is 221 g/mol. The van der Waals surface area contributed by atoms with Gasteiger partial charge in [0, 0.05) is 6.54 Å². The molecule has 0 spiro atoms. The van der Waals surface area contributed by atoms with Crippen LogP contribution in [-0.4, -0.2) is 20.1 Å². The van der Waals surface area contributed by atoms with Gasteiger partial charge in [0.25, 0.3) is 0 Å². The van der Waals surface area contributed by atoms with Crippen molar-refractivity contribution < 1.29 is 5.11 Å². The maximum absolute atomic E-state index is 10.4. The van der Waals surface area contributed by atoms with Crippen molar-refractivity contribution in [3.63, 3.8) is 0 Å². The van der Waals surface area contributed by atoms with E-state index in [9.17, 15) is 5.11 Å². The summed E-state index contributed by atoms with van der Waals surface area (Å²) in [7, 11) is 0. The lowest BCUT2D eigenvalue weighted by Gasteiger charge is -2.13. The van der Waals surface area contributed by atoms with Crippen LogP contribution in [0.2, 0.25) is 0 Å². The van der Waals surface area contributed by atoms with E-state index in [0.717, 1.165) is 30.5 Å². The van der Waals surface area contributed by atoms with Crippen LogP contribution in [0.5, 0.6) is 0 Å². The summed E-state index contributed by atoms with van der Waals surface area (Å²) < 4.78 is 1.86. The SMILES string of the molecule is CCCn1nncc1C(O)C1C2CCCC21. The normalized spacial score (nSPS) is 33.8. The molecule has 2 aliphatic carbocycles. The molecule has 3 unspecified atom stereocenters. The van der Waals surface area contributed by atoms with Crippen LogP contribution in [0, 0.1) is 17.8 Å². The number of aliphatic hydroxyl groups excluding tert-OH is 1. The van der Waals surface area contributed by atoms with Crippen molar-refractivity contribution in [2.45, 2.75) is 45.3 Å². The monoisotopic (exact) mass is 221 g/mol. The third-order valence-corrected chi connectivity index (χ3v) is 4.22. The summed E-state index contributed by atoms with van der Waals surface area (Å²) in [6.45, 7) is 2.97. The molecule has 0 radical (unpaired) electrons. The van der Waals surface area contributed by atoms with Gasteiger partial charge < -0.3 is 5.11 Å². The summed E-state index contributed by atoms with van der Waals surface area (Å²) in [5.41, 5.74) is 0.918. The van der Waals surface area contributed by atoms with E-state index in [1.807, 2.05) is 4.68 Å². The van der Waals surface area contributed by atoms with E-state index in [1.165, 1.54) is 19.3 Å². The first kappa shape index (κ1) is 10.3. The van der Waals surface area contributed by atoms with Crippen LogP contribution in [0.4, 0.5) is 0 Å². The van der Waals surface area contributed by atoms with E-state index < -0.39 is 0 Å². The van der Waals surface area contributed by atoms with Crippen molar-refractivity contribution in [2.75, 3.05) is 0 Å². The van der Waals surface area contributed by atoms with Crippen molar-refractivity contribution in [1.82, 2.24) is 15.0 Å². The highest BCUT2D eigenvalue weighted by Crippen LogP contribution is 2.62. The number of aromatic nitrogens is 3. The lowest BCUT2D eigenvalue weighted by molar-refractivity contribution is 0.126. The number of hydrogen-bond acceptors (Lipinski definition) is 3. The number of aliphatic hydroxyl groups is 1. The lowest BCUT2D eigenvalue weighted by atomic mass is 10.0. The molecule has 1 heterocycles. The van der Waals surface area contributed by atoms with Crippen LogP contribution in [0.1, 0.15) is 44.4 Å². The van der Waals surface area contributed by atoms with Crippen LogP contribution < -0.4 is 0 Å². The quantitative estimate of drug-likeness (QED) is 0.843. The Morgan fingerprint density at radius 1 is 1.50 bits per heavy atom. The largest absolute Gasteiger partial charge is 0.386 e. The van der Waals surface area contributed by atoms with Crippen LogP contribution >= 0.6 is 0 Å². The lowest BCUT2D eigenvalue weighted by Crippen LogP contribution is -2.12. The molecule has 16 heavy (non-hydrogen) atoms. The molecule has 0 saturated heterocycles. The molecule has 1 N–H and O–H groups in total. The summed E-state index contributed by atoms with van der Waals surface area (Å²) >= 11 is 0. The molecule has 88 valence electrons. The molecule has 0 aliphatic heterocycles. The second-order valence-electron chi connectivity index (χ2n) is 5.16. The minimum Gasteiger partial charge on any atom is -0.386 e. The van der Waals surface area contributed by atoms with Gasteiger partial charge >= 0.3 is 0 Å². The fourth-order valence-electron chi connectivity index (χ4n) is 3.42. The van der Waals surface area contributed by atoms with Crippen molar-refractivity contribution in [1.29, 1.82) is 0 Å². The molecule has 3 atom stereocenters. The molecule has 2 saturated carbocycles. The number of hydrogen-bond donors (Lipinski definition) is 1. The van der Waals surface area contributed by atoms with Gasteiger partial charge in [0.15, 0.2) is 0 Å². The first-order valence-electron chi connectivity index (χ1n) is 6.39. The van der Waals surface area contributed by atoms with Crippen molar-refractivity contribution in [3.8, 4) is 0 Å². The molecular formula is C12H19N3O. The minimum absolute atomic E-state index is 0.336. The van der Waals surface area contributed by atoms with Crippen molar-refractivity contribution in [3.05, 3.63) is 11.9 Å². The van der Waals surface area contributed by atoms with Crippen LogP contribution in [0.15, 0.2) is 6.20 Å². The Hall–Kier alpha value is -0.900. The summed E-state index contributed by atoms with van der Waals surface area (Å²) in [5, 5.41) is 18.3. The predicted octanol–water partition coefficient (Wildman–Crippen LogP) is 1.77. The van der Waals surface area contributed by atoms with Gasteiger partial charge in [-0.1, -0.05) is 18.6 Å². The molecule has 0 amide bonds. The first-order chi connectivity index (χ1) is 7.83. The summed E-state index contributed by atoms with van der Waals surface area (Å²) in [4.78, 5) is 0. The minimum atomic E-state index is -0.336. The van der Waals surface area contributed by atoms with Crippen LogP contribution in [0.25, 0.3) is 0 Å². The molecule has 0 aromatic carbocycles. The number of aryl methyl sites for hydroxylation is 1. The zero-order chi connectivity index (χ0) is 11.1. The van der Waals surface area contributed by atoms with Gasteiger partial charge in [-0.3, -0.25) is 0 Å². The van der Waals surface area contributed by atoms with Crippen LogP contribution in [-0.2, 0) is 6.54 Å². The Kier molecular flexibility index (Phi) is 2.46. The zero-order valence-corrected chi connectivity index (χ0v) is 9.71. The standard InChI is InChI=1S/C12H19N3O/c1-2-6-15-10(7-13-14-15)12(16)11-8-4-3-5-9(8)11/h7-9,11-12,16H,2-6H2,1H3. The molecule has 2 aliphatic rings. The van der Waals surface area contributed by atoms with Gasteiger partial charge in [-0.15, -0.1) is 5.10 Å². The highest BCUT2D eigenvalue weighted by Gasteiger charge is 2.56. The maximum Gasteiger partial charge on any atom is 0.101 e. The summed E-state index contributed by atoms with van der Waals surface area (Å²) in [6.07, 6.45) is 6.39. The molecule has 0 bridgehead atoms. The number of nitrogens with zero attached hydrogens (tertiary/aromatic N) is 3. The highest BCUT2D eigenvalue weighted by atomic mass is 16.3. The third-order valence-electron chi connectivity index (χ3n) is 4.22.